The molecule has 0 aromatic heterocycles. The van der Waals surface area contributed by atoms with Gasteiger partial charge in [-0.05, 0) is 104 Å². The van der Waals surface area contributed by atoms with E-state index in [0.717, 1.165) is 36.1 Å². The molecule has 4 aliphatic heterocycles. The Hall–Kier alpha value is -6.78. The number of amides is 4. The van der Waals surface area contributed by atoms with E-state index in [4.69, 9.17) is 29.7 Å². The van der Waals surface area contributed by atoms with Gasteiger partial charge in [0, 0.05) is 43.4 Å². The molecule has 4 amide bonds. The van der Waals surface area contributed by atoms with Crippen molar-refractivity contribution in [3.8, 4) is 17.2 Å². The number of nitrogens with one attached hydrogen (secondary N) is 1. The number of aryl methyl sites for hydroxylation is 1. The number of fused-ring (bicyclic) bond motifs is 6. The number of methoxy groups -OCH3 is 1. The fraction of sp³-hybridized carbons (Fsp3) is 0.444. The fourth-order valence-electron chi connectivity index (χ4n) is 9.95. The summed E-state index contributed by atoms with van der Waals surface area (Å²) in [7, 11) is 1.55. The number of aliphatic hydroxyl groups excluding tert-OH is 1. The highest BCUT2D eigenvalue weighted by Gasteiger charge is 2.58. The van der Waals surface area contributed by atoms with E-state index < -0.39 is 30.4 Å². The van der Waals surface area contributed by atoms with Crippen LogP contribution in [0.3, 0.4) is 0 Å². The maximum absolute atomic E-state index is 14.2. The SMILES string of the molecule is COc1cc2c(cc1OCCCCCOc1cc3c(cc1C)C(=O)N1CC4(CC4)C[C@H]1C(O)N3C(=O)OCc1ccc(CC(=O)[C@H](C)NC(=O)[C@@H](N)C(C)C)cc1)N=C[C@@H]1Cc3ccccc3N1C2=O. The summed E-state index contributed by atoms with van der Waals surface area (Å²) in [6.07, 6.45) is 5.11. The Labute approximate surface area is 408 Å². The third kappa shape index (κ3) is 9.71. The number of aliphatic imine (C=N–C) groups is 1. The molecule has 5 aliphatic rings. The van der Waals surface area contributed by atoms with Crippen molar-refractivity contribution in [2.24, 2.45) is 22.1 Å². The summed E-state index contributed by atoms with van der Waals surface area (Å²) >= 11 is 0. The molecule has 0 bridgehead atoms. The average molecular weight is 955 g/mol. The number of nitrogens with zero attached hydrogens (tertiary/aromatic N) is 4. The first-order valence-corrected chi connectivity index (χ1v) is 24.3. The quantitative estimate of drug-likeness (QED) is 0.0921. The number of ketones is 1. The second kappa shape index (κ2) is 19.9. The molecule has 16 nitrogen and oxygen atoms in total. The van der Waals surface area contributed by atoms with Gasteiger partial charge in [0.05, 0.1) is 67.0 Å². The predicted octanol–water partition coefficient (Wildman–Crippen LogP) is 6.99. The number of carbonyl (C=O) groups is 5. The van der Waals surface area contributed by atoms with Crippen molar-refractivity contribution in [1.29, 1.82) is 0 Å². The van der Waals surface area contributed by atoms with Gasteiger partial charge in [-0.1, -0.05) is 56.3 Å². The minimum atomic E-state index is -1.36. The summed E-state index contributed by atoms with van der Waals surface area (Å²) in [6.45, 7) is 8.30. The van der Waals surface area contributed by atoms with Crippen LogP contribution in [-0.2, 0) is 33.8 Å². The van der Waals surface area contributed by atoms with Gasteiger partial charge in [0.1, 0.15) is 12.4 Å². The van der Waals surface area contributed by atoms with Crippen LogP contribution in [0, 0.1) is 18.3 Å². The maximum Gasteiger partial charge on any atom is 0.416 e. The molecule has 368 valence electrons. The van der Waals surface area contributed by atoms with Crippen LogP contribution in [-0.4, -0.2) is 103 Å². The molecule has 4 aromatic carbocycles. The number of aliphatic hydroxyl groups is 1. The lowest BCUT2D eigenvalue weighted by molar-refractivity contribution is -0.128. The number of hydrogen-bond acceptors (Lipinski definition) is 12. The summed E-state index contributed by atoms with van der Waals surface area (Å²) < 4.78 is 24.0. The molecule has 1 saturated carbocycles. The molecular weight excluding hydrogens is 893 g/mol. The zero-order chi connectivity index (χ0) is 49.4. The summed E-state index contributed by atoms with van der Waals surface area (Å²) in [5.74, 6) is 0.437. The first-order valence-electron chi connectivity index (χ1n) is 24.3. The Balaban J connectivity index is 0.814. The average Bonchev–Trinajstić information content (AvgIpc) is 3.90. The first kappa shape index (κ1) is 48.3. The third-order valence-corrected chi connectivity index (χ3v) is 14.4. The van der Waals surface area contributed by atoms with Gasteiger partial charge in [-0.2, -0.15) is 0 Å². The van der Waals surface area contributed by atoms with E-state index >= 15 is 0 Å². The molecule has 5 atom stereocenters. The Morgan fingerprint density at radius 3 is 2.30 bits per heavy atom. The molecule has 0 radical (unpaired) electrons. The molecule has 2 fully saturated rings. The third-order valence-electron chi connectivity index (χ3n) is 14.4. The van der Waals surface area contributed by atoms with Crippen molar-refractivity contribution in [2.75, 3.05) is 36.7 Å². The van der Waals surface area contributed by atoms with Crippen molar-refractivity contribution in [3.05, 3.63) is 106 Å². The molecular formula is C54H62N6O10. The van der Waals surface area contributed by atoms with Crippen molar-refractivity contribution >= 4 is 52.9 Å². The van der Waals surface area contributed by atoms with Gasteiger partial charge in [-0.15, -0.1) is 0 Å². The van der Waals surface area contributed by atoms with Crippen LogP contribution in [0.25, 0.3) is 0 Å². The van der Waals surface area contributed by atoms with Gasteiger partial charge in [0.15, 0.2) is 23.5 Å². The standard InChI is InChI=1S/C54H62N6O10/c1-31(2)48(55)49(62)57-33(4)44(61)22-34-13-15-35(16-14-34)29-70-53(66)60-42-26-45(32(3)21-39(42)50(63)58-30-54(17-18-54)27-43(58)52(60)65)68-19-9-6-10-20-69-47-25-40-38(24-46(47)67-5)51(64)59-37(28-56-40)23-36-11-7-8-12-41(36)59/h7-8,11-16,21,24-26,28,31,33,37,43,48,52,65H,6,9-10,17-20,22-23,27,29-30,55H2,1-5H3,(H,57,62)/t33-,37-,43-,48-,52?/m0/s1. The van der Waals surface area contributed by atoms with Gasteiger partial charge < -0.3 is 40.0 Å². The largest absolute Gasteiger partial charge is 0.493 e. The number of hydrogen-bond donors (Lipinski definition) is 3. The van der Waals surface area contributed by atoms with E-state index in [1.807, 2.05) is 51.3 Å². The number of para-hydroxylation sites is 1. The Kier molecular flexibility index (Phi) is 13.7. The molecule has 1 unspecified atom stereocenters. The highest BCUT2D eigenvalue weighted by molar-refractivity contribution is 6.15. The zero-order valence-electron chi connectivity index (χ0n) is 40.4. The number of anilines is 2. The first-order chi connectivity index (χ1) is 33.6. The second-order valence-electron chi connectivity index (χ2n) is 19.8. The summed E-state index contributed by atoms with van der Waals surface area (Å²) in [6, 6.07) is 19.6. The van der Waals surface area contributed by atoms with Gasteiger partial charge >= 0.3 is 6.09 Å². The topological polar surface area (TPSA) is 203 Å². The Morgan fingerprint density at radius 2 is 1.59 bits per heavy atom. The molecule has 4 aromatic rings. The molecule has 1 spiro atoms. The number of nitrogens with two attached hydrogens (primary N) is 1. The minimum absolute atomic E-state index is 0.0439. The van der Waals surface area contributed by atoms with E-state index in [0.29, 0.717) is 85.1 Å². The van der Waals surface area contributed by atoms with Gasteiger partial charge in [-0.3, -0.25) is 29.1 Å². The molecule has 9 rings (SSSR count). The lowest BCUT2D eigenvalue weighted by Gasteiger charge is -2.31. The van der Waals surface area contributed by atoms with Crippen molar-refractivity contribution in [1.82, 2.24) is 10.2 Å². The number of ether oxygens (including phenoxy) is 4. The molecule has 1 aliphatic carbocycles. The summed E-state index contributed by atoms with van der Waals surface area (Å²) in [5, 5.41) is 14.7. The van der Waals surface area contributed by atoms with Crippen LogP contribution in [0.15, 0.2) is 77.8 Å². The van der Waals surface area contributed by atoms with Crippen LogP contribution in [0.5, 0.6) is 17.2 Å². The number of benzene rings is 4. The number of Topliss-reactive ketones (excluding diaryl/α,β-unsaturated/α-hetero) is 1. The highest BCUT2D eigenvalue weighted by Crippen LogP contribution is 2.57. The van der Waals surface area contributed by atoms with Gasteiger partial charge in [0.2, 0.25) is 5.91 Å². The van der Waals surface area contributed by atoms with E-state index in [1.54, 1.807) is 72.4 Å². The monoisotopic (exact) mass is 954 g/mol. The molecule has 4 N–H and O–H groups in total. The van der Waals surface area contributed by atoms with Crippen LogP contribution in [0.2, 0.25) is 0 Å². The van der Waals surface area contributed by atoms with Crippen LogP contribution in [0.1, 0.15) is 102 Å². The van der Waals surface area contributed by atoms with E-state index in [1.165, 1.54) is 4.90 Å². The van der Waals surface area contributed by atoms with E-state index in [-0.39, 0.29) is 65.2 Å². The van der Waals surface area contributed by atoms with Crippen LogP contribution in [0.4, 0.5) is 21.9 Å². The van der Waals surface area contributed by atoms with Crippen molar-refractivity contribution < 1.29 is 48.0 Å². The maximum atomic E-state index is 14.2. The van der Waals surface area contributed by atoms with Crippen LogP contribution >= 0.6 is 0 Å². The van der Waals surface area contributed by atoms with Crippen LogP contribution < -0.4 is 35.1 Å². The van der Waals surface area contributed by atoms with E-state index in [9.17, 15) is 29.1 Å². The predicted molar refractivity (Wildman–Crippen MR) is 263 cm³/mol. The van der Waals surface area contributed by atoms with Gasteiger partial charge in [0.25, 0.3) is 11.8 Å². The van der Waals surface area contributed by atoms with Crippen molar-refractivity contribution in [2.45, 2.75) is 116 Å². The summed E-state index contributed by atoms with van der Waals surface area (Å²) in [5.41, 5.74) is 11.5. The lowest BCUT2D eigenvalue weighted by atomic mass is 10.0. The van der Waals surface area contributed by atoms with E-state index in [2.05, 4.69) is 5.32 Å². The fourth-order valence-corrected chi connectivity index (χ4v) is 9.95. The summed E-state index contributed by atoms with van der Waals surface area (Å²) in [4.78, 5) is 76.9. The smallest absolute Gasteiger partial charge is 0.416 e. The second-order valence-corrected chi connectivity index (χ2v) is 19.8. The zero-order valence-corrected chi connectivity index (χ0v) is 40.4. The lowest BCUT2D eigenvalue weighted by Crippen LogP contribution is -2.50. The van der Waals surface area contributed by atoms with Crippen molar-refractivity contribution in [3.63, 3.8) is 0 Å². The highest BCUT2D eigenvalue weighted by atomic mass is 16.6. The number of unbranched alkanes of at least 4 members (excludes halogenated alkanes) is 2. The molecule has 4 heterocycles. The number of rotatable bonds is 17. The molecule has 70 heavy (non-hydrogen) atoms. The molecule has 16 heteroatoms. The number of carbonyl (C=O) groups excluding carboxylic acids is 5. The molecule has 1 saturated heterocycles. The minimum Gasteiger partial charge on any atom is -0.493 e. The van der Waals surface area contributed by atoms with Gasteiger partial charge in [-0.25, -0.2) is 9.69 Å². The normalized spacial score (nSPS) is 20.1. The Morgan fingerprint density at radius 1 is 0.871 bits per heavy atom. The Bertz CT molecular complexity index is 2720.